The van der Waals surface area contributed by atoms with Gasteiger partial charge in [-0.25, -0.2) is 0 Å². The summed E-state index contributed by atoms with van der Waals surface area (Å²) in [5.41, 5.74) is 1.68. The zero-order chi connectivity index (χ0) is 24.5. The topological polar surface area (TPSA) is 86.3 Å². The van der Waals surface area contributed by atoms with Crippen LogP contribution in [0.1, 0.15) is 30.9 Å². The highest BCUT2D eigenvalue weighted by Gasteiger charge is 2.27. The molecule has 1 fully saturated rings. The number of nitrogens with one attached hydrogen (secondary N) is 1. The van der Waals surface area contributed by atoms with Crippen molar-refractivity contribution in [2.24, 2.45) is 0 Å². The normalized spacial score (nSPS) is 15.9. The first-order chi connectivity index (χ1) is 16.4. The molecule has 0 bridgehead atoms. The van der Waals surface area contributed by atoms with Crippen LogP contribution in [0.4, 0.5) is 0 Å². The van der Waals surface area contributed by atoms with Crippen molar-refractivity contribution < 1.29 is 28.5 Å². The van der Waals surface area contributed by atoms with Gasteiger partial charge in [-0.2, -0.15) is 0 Å². The number of benzene rings is 2. The van der Waals surface area contributed by atoms with Gasteiger partial charge in [0, 0.05) is 19.7 Å². The average molecular weight is 471 g/mol. The monoisotopic (exact) mass is 470 g/mol. The van der Waals surface area contributed by atoms with Gasteiger partial charge in [0.2, 0.25) is 11.8 Å². The lowest BCUT2D eigenvalue weighted by atomic mass is 10.1. The van der Waals surface area contributed by atoms with Gasteiger partial charge in [-0.05, 0) is 55.2 Å². The third-order valence-electron chi connectivity index (χ3n) is 6.01. The minimum Gasteiger partial charge on any atom is -0.497 e. The van der Waals surface area contributed by atoms with Gasteiger partial charge in [0.25, 0.3) is 0 Å². The summed E-state index contributed by atoms with van der Waals surface area (Å²) in [5.74, 6) is 1.51. The SMILES string of the molecule is COc1ccc(CN(C(=O)Cc2ccc(OC)c(OC)c2)[C@@H](C)C(=O)NC[C@@H]2CCCO2)cc1. The van der Waals surface area contributed by atoms with Gasteiger partial charge in [-0.3, -0.25) is 9.59 Å². The molecule has 8 heteroatoms. The molecule has 0 radical (unpaired) electrons. The van der Waals surface area contributed by atoms with Gasteiger partial charge in [0.15, 0.2) is 11.5 Å². The zero-order valence-corrected chi connectivity index (χ0v) is 20.3. The molecule has 0 spiro atoms. The van der Waals surface area contributed by atoms with E-state index in [-0.39, 0.29) is 24.3 Å². The predicted molar refractivity (Wildman–Crippen MR) is 128 cm³/mol. The van der Waals surface area contributed by atoms with Crippen LogP contribution in [0, 0.1) is 0 Å². The van der Waals surface area contributed by atoms with Crippen molar-refractivity contribution in [3.05, 3.63) is 53.6 Å². The molecule has 2 aromatic rings. The summed E-state index contributed by atoms with van der Waals surface area (Å²) in [6.45, 7) is 3.22. The van der Waals surface area contributed by atoms with E-state index in [9.17, 15) is 9.59 Å². The first-order valence-corrected chi connectivity index (χ1v) is 11.5. The Morgan fingerprint density at radius 1 is 1.03 bits per heavy atom. The molecule has 1 aliphatic heterocycles. The fourth-order valence-corrected chi connectivity index (χ4v) is 3.94. The summed E-state index contributed by atoms with van der Waals surface area (Å²) in [6, 6.07) is 12.2. The van der Waals surface area contributed by atoms with Gasteiger partial charge < -0.3 is 29.2 Å². The van der Waals surface area contributed by atoms with Crippen LogP contribution < -0.4 is 19.5 Å². The van der Waals surface area contributed by atoms with E-state index in [1.165, 1.54) is 0 Å². The Hall–Kier alpha value is -3.26. The average Bonchev–Trinajstić information content (AvgIpc) is 3.39. The van der Waals surface area contributed by atoms with Crippen molar-refractivity contribution in [2.45, 2.75) is 44.9 Å². The second-order valence-corrected chi connectivity index (χ2v) is 8.29. The Bertz CT molecular complexity index is 956. The maximum atomic E-state index is 13.4. The molecule has 1 saturated heterocycles. The molecule has 2 atom stereocenters. The van der Waals surface area contributed by atoms with Crippen molar-refractivity contribution in [1.82, 2.24) is 10.2 Å². The molecule has 184 valence electrons. The van der Waals surface area contributed by atoms with Gasteiger partial charge in [0.1, 0.15) is 11.8 Å². The summed E-state index contributed by atoms with van der Waals surface area (Å²) < 4.78 is 21.5. The Morgan fingerprint density at radius 2 is 1.74 bits per heavy atom. The van der Waals surface area contributed by atoms with Gasteiger partial charge in [-0.15, -0.1) is 0 Å². The van der Waals surface area contributed by atoms with Crippen molar-refractivity contribution >= 4 is 11.8 Å². The number of hydrogen-bond donors (Lipinski definition) is 1. The number of ether oxygens (including phenoxy) is 4. The molecular weight excluding hydrogens is 436 g/mol. The number of nitrogens with zero attached hydrogens (tertiary/aromatic N) is 1. The molecule has 8 nitrogen and oxygen atoms in total. The van der Waals surface area contributed by atoms with E-state index in [0.29, 0.717) is 24.6 Å². The van der Waals surface area contributed by atoms with Crippen LogP contribution in [0.2, 0.25) is 0 Å². The smallest absolute Gasteiger partial charge is 0.242 e. The lowest BCUT2D eigenvalue weighted by Crippen LogP contribution is -2.49. The molecule has 2 amide bonds. The van der Waals surface area contributed by atoms with E-state index < -0.39 is 6.04 Å². The Kier molecular flexibility index (Phi) is 9.16. The summed E-state index contributed by atoms with van der Waals surface area (Å²) in [4.78, 5) is 28.0. The Balaban J connectivity index is 1.76. The number of rotatable bonds is 11. The number of carbonyl (C=O) groups excluding carboxylic acids is 2. The Labute approximate surface area is 201 Å². The molecule has 1 N–H and O–H groups in total. The van der Waals surface area contributed by atoms with Gasteiger partial charge in [-0.1, -0.05) is 18.2 Å². The van der Waals surface area contributed by atoms with E-state index in [4.69, 9.17) is 18.9 Å². The second kappa shape index (κ2) is 12.3. The summed E-state index contributed by atoms with van der Waals surface area (Å²) in [7, 11) is 4.73. The summed E-state index contributed by atoms with van der Waals surface area (Å²) in [5, 5.41) is 2.95. The maximum Gasteiger partial charge on any atom is 0.242 e. The van der Waals surface area contributed by atoms with Gasteiger partial charge >= 0.3 is 0 Å². The van der Waals surface area contributed by atoms with Crippen LogP contribution in [0.25, 0.3) is 0 Å². The van der Waals surface area contributed by atoms with Crippen molar-refractivity contribution in [1.29, 1.82) is 0 Å². The van der Waals surface area contributed by atoms with E-state index >= 15 is 0 Å². The van der Waals surface area contributed by atoms with Gasteiger partial charge in [0.05, 0.1) is 33.9 Å². The predicted octanol–water partition coefficient (Wildman–Crippen LogP) is 2.97. The van der Waals surface area contributed by atoms with Crippen molar-refractivity contribution in [3.63, 3.8) is 0 Å². The highest BCUT2D eigenvalue weighted by molar-refractivity contribution is 5.88. The van der Waals surface area contributed by atoms with Crippen LogP contribution in [-0.4, -0.2) is 63.3 Å². The standard InChI is InChI=1S/C26H34N2O6/c1-18(26(30)27-16-22-6-5-13-34-22)28(17-19-7-10-21(31-2)11-8-19)25(29)15-20-9-12-23(32-3)24(14-20)33-4/h7-12,14,18,22H,5-6,13,15-17H2,1-4H3,(H,27,30)/t18-,22-/m0/s1. The maximum absolute atomic E-state index is 13.4. The fourth-order valence-electron chi connectivity index (χ4n) is 3.94. The number of hydrogen-bond acceptors (Lipinski definition) is 6. The quantitative estimate of drug-likeness (QED) is 0.544. The van der Waals surface area contributed by atoms with Crippen LogP contribution in [0.15, 0.2) is 42.5 Å². The first-order valence-electron chi connectivity index (χ1n) is 11.5. The highest BCUT2D eigenvalue weighted by atomic mass is 16.5. The molecule has 3 rings (SSSR count). The van der Waals surface area contributed by atoms with Crippen LogP contribution in [-0.2, 0) is 27.3 Å². The molecule has 34 heavy (non-hydrogen) atoms. The fraction of sp³-hybridized carbons (Fsp3) is 0.462. The molecular formula is C26H34N2O6. The first kappa shape index (κ1) is 25.4. The van der Waals surface area contributed by atoms with Crippen LogP contribution in [0.5, 0.6) is 17.2 Å². The molecule has 1 aliphatic rings. The number of amides is 2. The highest BCUT2D eigenvalue weighted by Crippen LogP contribution is 2.28. The minimum absolute atomic E-state index is 0.0358. The molecule has 1 heterocycles. The van der Waals surface area contributed by atoms with Crippen molar-refractivity contribution in [3.8, 4) is 17.2 Å². The summed E-state index contributed by atoms with van der Waals surface area (Å²) >= 11 is 0. The molecule has 2 aromatic carbocycles. The minimum atomic E-state index is -0.656. The zero-order valence-electron chi connectivity index (χ0n) is 20.3. The van der Waals surface area contributed by atoms with E-state index in [2.05, 4.69) is 5.32 Å². The Morgan fingerprint density at radius 3 is 2.35 bits per heavy atom. The second-order valence-electron chi connectivity index (χ2n) is 8.29. The molecule has 0 aliphatic carbocycles. The lowest BCUT2D eigenvalue weighted by Gasteiger charge is -2.29. The lowest BCUT2D eigenvalue weighted by molar-refractivity contribution is -0.140. The van der Waals surface area contributed by atoms with E-state index in [1.54, 1.807) is 45.3 Å². The van der Waals surface area contributed by atoms with Crippen LogP contribution in [0.3, 0.4) is 0 Å². The van der Waals surface area contributed by atoms with E-state index in [0.717, 1.165) is 36.3 Å². The van der Waals surface area contributed by atoms with Crippen LogP contribution >= 0.6 is 0 Å². The molecule has 0 saturated carbocycles. The third-order valence-corrected chi connectivity index (χ3v) is 6.01. The molecule has 0 aromatic heterocycles. The largest absolute Gasteiger partial charge is 0.497 e. The number of carbonyl (C=O) groups is 2. The third kappa shape index (κ3) is 6.63. The summed E-state index contributed by atoms with van der Waals surface area (Å²) in [6.07, 6.45) is 2.10. The molecule has 0 unspecified atom stereocenters. The van der Waals surface area contributed by atoms with E-state index in [1.807, 2.05) is 30.3 Å². The van der Waals surface area contributed by atoms with Crippen molar-refractivity contribution in [2.75, 3.05) is 34.5 Å². The number of methoxy groups -OCH3 is 3.